The van der Waals surface area contributed by atoms with Gasteiger partial charge in [0, 0.05) is 17.3 Å². The van der Waals surface area contributed by atoms with E-state index in [4.69, 9.17) is 11.6 Å². The molecule has 0 saturated heterocycles. The normalized spacial score (nSPS) is 10.4. The van der Waals surface area contributed by atoms with Crippen molar-refractivity contribution < 1.29 is 4.79 Å². The first-order valence-corrected chi connectivity index (χ1v) is 5.27. The molecule has 0 aromatic carbocycles. The second-order valence-corrected chi connectivity index (χ2v) is 4.14. The summed E-state index contributed by atoms with van der Waals surface area (Å²) in [6, 6.07) is 1.79. The Hall–Kier alpha value is -1.13. The van der Waals surface area contributed by atoms with E-state index in [1.54, 1.807) is 18.5 Å². The van der Waals surface area contributed by atoms with Crippen LogP contribution in [0.4, 0.5) is 0 Å². The van der Waals surface area contributed by atoms with Gasteiger partial charge >= 0.3 is 0 Å². The second kappa shape index (κ2) is 3.94. The fourth-order valence-corrected chi connectivity index (χ4v) is 2.20. The van der Waals surface area contributed by atoms with Gasteiger partial charge in [-0.15, -0.1) is 11.3 Å². The first-order chi connectivity index (χ1) is 6.77. The molecule has 3 nitrogen and oxygen atoms in total. The number of thiophene rings is 1. The number of Topliss-reactive ketones (excluding diaryl/α,β-unsaturated/α-hetero) is 1. The lowest BCUT2D eigenvalue weighted by Crippen LogP contribution is -2.04. The van der Waals surface area contributed by atoms with Crippen molar-refractivity contribution in [3.8, 4) is 0 Å². The summed E-state index contributed by atoms with van der Waals surface area (Å²) in [6.07, 6.45) is 3.50. The molecule has 0 amide bonds. The fourth-order valence-electron chi connectivity index (χ4n) is 1.10. The van der Waals surface area contributed by atoms with Crippen molar-refractivity contribution >= 4 is 28.7 Å². The lowest BCUT2D eigenvalue weighted by atomic mass is 10.2. The maximum atomic E-state index is 11.6. The van der Waals surface area contributed by atoms with Gasteiger partial charge in [-0.2, -0.15) is 0 Å². The van der Waals surface area contributed by atoms with Gasteiger partial charge in [-0.25, -0.2) is 4.98 Å². The Kier molecular flexibility index (Phi) is 2.65. The third kappa shape index (κ3) is 1.86. The summed E-state index contributed by atoms with van der Waals surface area (Å²) in [5.41, 5.74) is 0. The number of rotatable bonds is 3. The molecule has 0 fully saturated rings. The van der Waals surface area contributed by atoms with Gasteiger partial charge in [-0.05, 0) is 11.4 Å². The minimum absolute atomic E-state index is 0.0423. The number of imidazole rings is 1. The van der Waals surface area contributed by atoms with Crippen LogP contribution < -0.4 is 0 Å². The van der Waals surface area contributed by atoms with E-state index in [0.29, 0.717) is 17.3 Å². The molecule has 0 aliphatic heterocycles. The van der Waals surface area contributed by atoms with Gasteiger partial charge in [0.05, 0.1) is 11.4 Å². The molecule has 72 valence electrons. The van der Waals surface area contributed by atoms with E-state index in [1.165, 1.54) is 11.3 Å². The number of nitrogens with one attached hydrogen (secondary N) is 1. The van der Waals surface area contributed by atoms with Gasteiger partial charge in [0.1, 0.15) is 0 Å². The molecule has 2 aromatic rings. The molecule has 0 spiro atoms. The number of carbonyl (C=O) groups excluding carboxylic acids is 1. The van der Waals surface area contributed by atoms with Crippen molar-refractivity contribution in [1.82, 2.24) is 9.97 Å². The van der Waals surface area contributed by atoms with Crippen molar-refractivity contribution in [3.05, 3.63) is 39.6 Å². The summed E-state index contributed by atoms with van der Waals surface area (Å²) in [5, 5.41) is 2.52. The SMILES string of the molecule is O=C(Cc1sccc1Cl)c1ncc[nH]1. The number of hydrogen-bond donors (Lipinski definition) is 1. The predicted octanol–water partition coefficient (Wildman–Crippen LogP) is 2.55. The minimum Gasteiger partial charge on any atom is -0.342 e. The quantitative estimate of drug-likeness (QED) is 0.818. The third-order valence-electron chi connectivity index (χ3n) is 1.77. The van der Waals surface area contributed by atoms with E-state index < -0.39 is 0 Å². The van der Waals surface area contributed by atoms with Crippen LogP contribution in [0.15, 0.2) is 23.8 Å². The highest BCUT2D eigenvalue weighted by Gasteiger charge is 2.12. The fraction of sp³-hybridized carbons (Fsp3) is 0.111. The number of halogens is 1. The molecule has 0 radical (unpaired) electrons. The van der Waals surface area contributed by atoms with E-state index in [1.807, 2.05) is 5.38 Å². The van der Waals surface area contributed by atoms with E-state index >= 15 is 0 Å². The summed E-state index contributed by atoms with van der Waals surface area (Å²) in [7, 11) is 0. The van der Waals surface area contributed by atoms with Crippen LogP contribution >= 0.6 is 22.9 Å². The number of aromatic nitrogens is 2. The smallest absolute Gasteiger partial charge is 0.203 e. The Morgan fingerprint density at radius 1 is 1.64 bits per heavy atom. The average Bonchev–Trinajstić information content (AvgIpc) is 2.77. The highest BCUT2D eigenvalue weighted by Crippen LogP contribution is 2.23. The maximum absolute atomic E-state index is 11.6. The zero-order valence-corrected chi connectivity index (χ0v) is 8.73. The zero-order chi connectivity index (χ0) is 9.97. The number of carbonyl (C=O) groups is 1. The molecule has 2 aromatic heterocycles. The third-order valence-corrected chi connectivity index (χ3v) is 3.16. The van der Waals surface area contributed by atoms with Crippen molar-refractivity contribution in [3.63, 3.8) is 0 Å². The summed E-state index contributed by atoms with van der Waals surface area (Å²) in [4.78, 5) is 19.1. The zero-order valence-electron chi connectivity index (χ0n) is 7.16. The largest absolute Gasteiger partial charge is 0.342 e. The molecular formula is C9H7ClN2OS. The number of nitrogens with zero attached hydrogens (tertiary/aromatic N) is 1. The summed E-state index contributed by atoms with van der Waals surface area (Å²) in [6.45, 7) is 0. The molecule has 2 heterocycles. The first-order valence-electron chi connectivity index (χ1n) is 4.02. The Balaban J connectivity index is 2.13. The van der Waals surface area contributed by atoms with Gasteiger partial charge in [0.15, 0.2) is 5.82 Å². The van der Waals surface area contributed by atoms with Crippen molar-refractivity contribution in [2.45, 2.75) is 6.42 Å². The summed E-state index contributed by atoms with van der Waals surface area (Å²) in [5.74, 6) is 0.341. The van der Waals surface area contributed by atoms with E-state index in [0.717, 1.165) is 4.88 Å². The monoisotopic (exact) mass is 226 g/mol. The molecular weight excluding hydrogens is 220 g/mol. The number of aromatic amines is 1. The van der Waals surface area contributed by atoms with Crippen LogP contribution in [0.5, 0.6) is 0 Å². The van der Waals surface area contributed by atoms with E-state index in [-0.39, 0.29) is 5.78 Å². The van der Waals surface area contributed by atoms with Crippen molar-refractivity contribution in [1.29, 1.82) is 0 Å². The van der Waals surface area contributed by atoms with Crippen LogP contribution in [0.1, 0.15) is 15.5 Å². The Labute approximate surface area is 89.8 Å². The van der Waals surface area contributed by atoms with Gasteiger partial charge in [-0.3, -0.25) is 4.79 Å². The van der Waals surface area contributed by atoms with Crippen molar-refractivity contribution in [2.24, 2.45) is 0 Å². The van der Waals surface area contributed by atoms with Crippen LogP contribution in [-0.2, 0) is 6.42 Å². The summed E-state index contributed by atoms with van der Waals surface area (Å²) >= 11 is 7.35. The Morgan fingerprint density at radius 3 is 3.07 bits per heavy atom. The molecule has 0 aliphatic rings. The molecule has 5 heteroatoms. The molecule has 0 atom stereocenters. The van der Waals surface area contributed by atoms with Gasteiger partial charge in [0.2, 0.25) is 5.78 Å². The van der Waals surface area contributed by atoms with E-state index in [9.17, 15) is 4.79 Å². The molecule has 0 bridgehead atoms. The lowest BCUT2D eigenvalue weighted by molar-refractivity contribution is 0.0985. The van der Waals surface area contributed by atoms with Gasteiger partial charge < -0.3 is 4.98 Å². The number of hydrogen-bond acceptors (Lipinski definition) is 3. The number of H-pyrrole nitrogens is 1. The summed E-state index contributed by atoms with van der Waals surface area (Å²) < 4.78 is 0. The topological polar surface area (TPSA) is 45.8 Å². The highest BCUT2D eigenvalue weighted by molar-refractivity contribution is 7.10. The standard InChI is InChI=1S/C9H7ClN2OS/c10-6-1-4-14-8(6)5-7(13)9-11-2-3-12-9/h1-4H,5H2,(H,11,12). The molecule has 0 saturated carbocycles. The highest BCUT2D eigenvalue weighted by atomic mass is 35.5. The minimum atomic E-state index is -0.0423. The van der Waals surface area contributed by atoms with Gasteiger partial charge in [0.25, 0.3) is 0 Å². The molecule has 0 aliphatic carbocycles. The van der Waals surface area contributed by atoms with Crippen LogP contribution in [0.3, 0.4) is 0 Å². The van der Waals surface area contributed by atoms with Crippen LogP contribution in [-0.4, -0.2) is 15.8 Å². The van der Waals surface area contributed by atoms with Crippen LogP contribution in [0.2, 0.25) is 5.02 Å². The Bertz CT molecular complexity index is 435. The predicted molar refractivity (Wildman–Crippen MR) is 56.0 cm³/mol. The van der Waals surface area contributed by atoms with Gasteiger partial charge in [-0.1, -0.05) is 11.6 Å². The maximum Gasteiger partial charge on any atom is 0.203 e. The first kappa shape index (κ1) is 9.43. The molecule has 2 rings (SSSR count). The number of ketones is 1. The van der Waals surface area contributed by atoms with Crippen molar-refractivity contribution in [2.75, 3.05) is 0 Å². The second-order valence-electron chi connectivity index (χ2n) is 2.73. The van der Waals surface area contributed by atoms with E-state index in [2.05, 4.69) is 9.97 Å². The van der Waals surface area contributed by atoms with Crippen LogP contribution in [0, 0.1) is 0 Å². The molecule has 14 heavy (non-hydrogen) atoms. The Morgan fingerprint density at radius 2 is 2.50 bits per heavy atom. The molecule has 0 unspecified atom stereocenters. The average molecular weight is 227 g/mol. The van der Waals surface area contributed by atoms with Crippen LogP contribution in [0.25, 0.3) is 0 Å². The lowest BCUT2D eigenvalue weighted by Gasteiger charge is -1.95. The molecule has 1 N–H and O–H groups in total.